The number of thioether (sulfide) groups is 1. The summed E-state index contributed by atoms with van der Waals surface area (Å²) in [5, 5.41) is 1.96. The molecule has 5 nitrogen and oxygen atoms in total. The number of carbonyl (C=O) groups excluding carboxylic acids is 1. The number of amides is 1. The monoisotopic (exact) mass is 420 g/mol. The maximum absolute atomic E-state index is 13.0. The number of fused-ring (bicyclic) bond motifs is 1. The van der Waals surface area contributed by atoms with Gasteiger partial charge in [-0.3, -0.25) is 4.79 Å². The van der Waals surface area contributed by atoms with E-state index in [4.69, 9.17) is 4.98 Å². The van der Waals surface area contributed by atoms with E-state index in [1.807, 2.05) is 39.0 Å². The average Bonchev–Trinajstić information content (AvgIpc) is 3.00. The average molecular weight is 421 g/mol. The first-order valence-electron chi connectivity index (χ1n) is 9.73. The molecule has 7 heteroatoms. The number of hydrogen-bond donors (Lipinski definition) is 0. The molecule has 2 unspecified atom stereocenters. The third kappa shape index (κ3) is 4.51. The lowest BCUT2D eigenvalue weighted by Gasteiger charge is -2.33. The fourth-order valence-electron chi connectivity index (χ4n) is 3.82. The Morgan fingerprint density at radius 2 is 2.07 bits per heavy atom. The minimum Gasteiger partial charge on any atom is -0.335 e. The summed E-state index contributed by atoms with van der Waals surface area (Å²) in [7, 11) is -3.03. The van der Waals surface area contributed by atoms with Crippen LogP contribution in [0.1, 0.15) is 37.8 Å². The van der Waals surface area contributed by atoms with Crippen molar-refractivity contribution in [2.75, 3.05) is 17.3 Å². The standard InChI is InChI=1S/C21H28N2O3S2/c1-5-16(4)23(17-9-10-28(25,26)13-17)20(24)12-27-19-11-15(3)18-8-6-7-14(2)21(18)22-19/h6-8,11,16-17H,5,9-10,12-13H2,1-4H3. The van der Waals surface area contributed by atoms with Crippen molar-refractivity contribution >= 4 is 38.4 Å². The van der Waals surface area contributed by atoms with Crippen LogP contribution in [0.15, 0.2) is 29.3 Å². The predicted molar refractivity (Wildman–Crippen MR) is 116 cm³/mol. The maximum Gasteiger partial charge on any atom is 0.233 e. The summed E-state index contributed by atoms with van der Waals surface area (Å²) < 4.78 is 23.8. The maximum atomic E-state index is 13.0. The molecule has 2 aromatic rings. The molecular weight excluding hydrogens is 392 g/mol. The molecule has 0 spiro atoms. The van der Waals surface area contributed by atoms with Crippen molar-refractivity contribution in [3.05, 3.63) is 35.4 Å². The van der Waals surface area contributed by atoms with Crippen molar-refractivity contribution < 1.29 is 13.2 Å². The smallest absolute Gasteiger partial charge is 0.233 e. The van der Waals surface area contributed by atoms with E-state index in [1.165, 1.54) is 11.8 Å². The lowest BCUT2D eigenvalue weighted by Crippen LogP contribution is -2.47. The number of aryl methyl sites for hydroxylation is 2. The van der Waals surface area contributed by atoms with Crippen LogP contribution in [-0.2, 0) is 14.6 Å². The molecule has 1 saturated heterocycles. The molecule has 0 N–H and O–H groups in total. The zero-order valence-corrected chi connectivity index (χ0v) is 18.6. The number of carbonyl (C=O) groups is 1. The minimum atomic E-state index is -3.03. The van der Waals surface area contributed by atoms with Crippen molar-refractivity contribution in [1.29, 1.82) is 0 Å². The van der Waals surface area contributed by atoms with Crippen LogP contribution < -0.4 is 0 Å². The predicted octanol–water partition coefficient (Wildman–Crippen LogP) is 3.76. The Morgan fingerprint density at radius 1 is 1.32 bits per heavy atom. The summed E-state index contributed by atoms with van der Waals surface area (Å²) in [6, 6.07) is 7.98. The normalized spacial score (nSPS) is 19.6. The number of nitrogens with zero attached hydrogens (tertiary/aromatic N) is 2. The van der Waals surface area contributed by atoms with E-state index in [-0.39, 0.29) is 35.2 Å². The van der Waals surface area contributed by atoms with E-state index in [0.29, 0.717) is 6.42 Å². The number of benzene rings is 1. The van der Waals surface area contributed by atoms with Gasteiger partial charge in [0.1, 0.15) is 0 Å². The minimum absolute atomic E-state index is 0.00853. The first-order valence-corrected chi connectivity index (χ1v) is 12.5. The largest absolute Gasteiger partial charge is 0.335 e. The van der Waals surface area contributed by atoms with Gasteiger partial charge in [-0.05, 0) is 50.8 Å². The fraction of sp³-hybridized carbons (Fsp3) is 0.524. The molecule has 2 atom stereocenters. The van der Waals surface area contributed by atoms with Gasteiger partial charge in [0.2, 0.25) is 5.91 Å². The van der Waals surface area contributed by atoms with Crippen LogP contribution in [0, 0.1) is 13.8 Å². The van der Waals surface area contributed by atoms with Crippen molar-refractivity contribution in [3.8, 4) is 0 Å². The van der Waals surface area contributed by atoms with Crippen LogP contribution in [0.3, 0.4) is 0 Å². The highest BCUT2D eigenvalue weighted by molar-refractivity contribution is 7.99. The van der Waals surface area contributed by atoms with Gasteiger partial charge in [-0.1, -0.05) is 36.9 Å². The molecule has 1 fully saturated rings. The Bertz CT molecular complexity index is 989. The van der Waals surface area contributed by atoms with E-state index in [1.54, 1.807) is 4.90 Å². The first kappa shape index (κ1) is 21.1. The Hall–Kier alpha value is -1.60. The first-order chi connectivity index (χ1) is 13.2. The molecule has 1 amide bonds. The van der Waals surface area contributed by atoms with Crippen molar-refractivity contribution in [2.24, 2.45) is 0 Å². The van der Waals surface area contributed by atoms with Gasteiger partial charge in [0.05, 0.1) is 27.8 Å². The van der Waals surface area contributed by atoms with E-state index >= 15 is 0 Å². The van der Waals surface area contributed by atoms with Crippen LogP contribution in [0.5, 0.6) is 0 Å². The van der Waals surface area contributed by atoms with Crippen molar-refractivity contribution in [1.82, 2.24) is 9.88 Å². The van der Waals surface area contributed by atoms with Crippen molar-refractivity contribution in [3.63, 3.8) is 0 Å². The summed E-state index contributed by atoms with van der Waals surface area (Å²) in [5.74, 6) is 0.520. The second kappa shape index (κ2) is 8.41. The number of aromatic nitrogens is 1. The molecule has 0 radical (unpaired) electrons. The highest BCUT2D eigenvalue weighted by atomic mass is 32.2. The van der Waals surface area contributed by atoms with Gasteiger partial charge in [0.15, 0.2) is 9.84 Å². The molecule has 1 aromatic heterocycles. The quantitative estimate of drug-likeness (QED) is 0.666. The molecule has 1 aromatic carbocycles. The zero-order chi connectivity index (χ0) is 20.5. The summed E-state index contributed by atoms with van der Waals surface area (Å²) in [6.07, 6.45) is 1.34. The van der Waals surface area contributed by atoms with Crippen LogP contribution >= 0.6 is 11.8 Å². The highest BCUT2D eigenvalue weighted by Crippen LogP contribution is 2.27. The van der Waals surface area contributed by atoms with Gasteiger partial charge in [0.25, 0.3) is 0 Å². The van der Waals surface area contributed by atoms with Gasteiger partial charge >= 0.3 is 0 Å². The Labute approximate surface area is 171 Å². The molecule has 1 aliphatic heterocycles. The molecule has 2 heterocycles. The summed E-state index contributed by atoms with van der Waals surface area (Å²) in [5.41, 5.74) is 3.23. The highest BCUT2D eigenvalue weighted by Gasteiger charge is 2.36. The molecule has 28 heavy (non-hydrogen) atoms. The fourth-order valence-corrected chi connectivity index (χ4v) is 6.36. The molecule has 0 bridgehead atoms. The topological polar surface area (TPSA) is 67.3 Å². The summed E-state index contributed by atoms with van der Waals surface area (Å²) in [6.45, 7) is 8.12. The SMILES string of the molecule is CCC(C)N(C(=O)CSc1cc(C)c2cccc(C)c2n1)C1CCS(=O)(=O)C1. The van der Waals surface area contributed by atoms with Crippen LogP contribution in [0.2, 0.25) is 0 Å². The lowest BCUT2D eigenvalue weighted by atomic mass is 10.1. The number of hydrogen-bond acceptors (Lipinski definition) is 5. The van der Waals surface area contributed by atoms with Gasteiger partial charge in [0, 0.05) is 17.5 Å². The van der Waals surface area contributed by atoms with E-state index in [9.17, 15) is 13.2 Å². The van der Waals surface area contributed by atoms with Crippen molar-refractivity contribution in [2.45, 2.75) is 57.6 Å². The van der Waals surface area contributed by atoms with Gasteiger partial charge in [-0.25, -0.2) is 13.4 Å². The molecule has 3 rings (SSSR count). The second-order valence-corrected chi connectivity index (χ2v) is 10.9. The number of para-hydroxylation sites is 1. The molecular formula is C21H28N2O3S2. The van der Waals surface area contributed by atoms with Crippen LogP contribution in [0.4, 0.5) is 0 Å². The molecule has 0 aliphatic carbocycles. The number of sulfone groups is 1. The van der Waals surface area contributed by atoms with E-state index in [2.05, 4.69) is 13.0 Å². The second-order valence-electron chi connectivity index (χ2n) is 7.65. The Morgan fingerprint density at radius 3 is 2.71 bits per heavy atom. The van der Waals surface area contributed by atoms with E-state index < -0.39 is 9.84 Å². The number of rotatable bonds is 6. The van der Waals surface area contributed by atoms with E-state index in [0.717, 1.165) is 33.5 Å². The Kier molecular flexibility index (Phi) is 6.34. The zero-order valence-electron chi connectivity index (χ0n) is 16.9. The van der Waals surface area contributed by atoms with Crippen LogP contribution in [-0.4, -0.2) is 53.6 Å². The van der Waals surface area contributed by atoms with Gasteiger partial charge in [-0.15, -0.1) is 0 Å². The molecule has 0 saturated carbocycles. The number of pyridine rings is 1. The summed E-state index contributed by atoms with van der Waals surface area (Å²) in [4.78, 5) is 19.6. The third-order valence-corrected chi connectivity index (χ3v) is 8.17. The Balaban J connectivity index is 1.77. The molecule has 152 valence electrons. The van der Waals surface area contributed by atoms with Gasteiger partial charge in [-0.2, -0.15) is 0 Å². The van der Waals surface area contributed by atoms with Gasteiger partial charge < -0.3 is 4.90 Å². The third-order valence-electron chi connectivity index (χ3n) is 5.52. The molecule has 1 aliphatic rings. The van der Waals surface area contributed by atoms with Crippen LogP contribution in [0.25, 0.3) is 10.9 Å². The lowest BCUT2D eigenvalue weighted by molar-refractivity contribution is -0.132. The summed E-state index contributed by atoms with van der Waals surface area (Å²) >= 11 is 1.43.